The van der Waals surface area contributed by atoms with Crippen LogP contribution >= 0.6 is 11.8 Å². The third kappa shape index (κ3) is 2.17. The molecule has 4 nitrogen and oxygen atoms in total. The van der Waals surface area contributed by atoms with E-state index < -0.39 is 0 Å². The second-order valence-electron chi connectivity index (χ2n) is 4.43. The lowest BCUT2D eigenvalue weighted by Crippen LogP contribution is -2.10. The molecule has 5 heteroatoms. The summed E-state index contributed by atoms with van der Waals surface area (Å²) in [5.74, 6) is 3.95. The molecule has 1 saturated heterocycles. The molecule has 3 rings (SSSR count). The second kappa shape index (κ2) is 4.66. The van der Waals surface area contributed by atoms with Crippen LogP contribution in [0.1, 0.15) is 30.1 Å². The zero-order valence-corrected chi connectivity index (χ0v) is 10.5. The minimum atomic E-state index is 0.523. The number of thioether (sulfide) groups is 1. The molecule has 0 amide bonds. The van der Waals surface area contributed by atoms with Crippen LogP contribution in [0.5, 0.6) is 0 Å². The van der Waals surface area contributed by atoms with E-state index in [1.165, 1.54) is 18.6 Å². The molecule has 17 heavy (non-hydrogen) atoms. The standard InChI is InChI=1S/C12H16N4S/c13-7-9-3-4-16-11(6-9)14-12(15-16)10-2-1-5-17-8-10/h3-4,6,10H,1-2,5,7-8,13H2. The Labute approximate surface area is 105 Å². The summed E-state index contributed by atoms with van der Waals surface area (Å²) in [6.45, 7) is 0.554. The van der Waals surface area contributed by atoms with Gasteiger partial charge >= 0.3 is 0 Å². The summed E-state index contributed by atoms with van der Waals surface area (Å²) in [4.78, 5) is 4.63. The van der Waals surface area contributed by atoms with Gasteiger partial charge in [-0.1, -0.05) is 0 Å². The Kier molecular flexibility index (Phi) is 3.03. The van der Waals surface area contributed by atoms with Crippen LogP contribution in [0, 0.1) is 0 Å². The van der Waals surface area contributed by atoms with Crippen LogP contribution < -0.4 is 5.73 Å². The van der Waals surface area contributed by atoms with Crippen LogP contribution in [0.4, 0.5) is 0 Å². The molecule has 3 heterocycles. The number of rotatable bonds is 2. The van der Waals surface area contributed by atoms with Crippen molar-refractivity contribution in [3.63, 3.8) is 0 Å². The predicted molar refractivity (Wildman–Crippen MR) is 70.2 cm³/mol. The first-order valence-corrected chi connectivity index (χ1v) is 7.15. The van der Waals surface area contributed by atoms with E-state index in [0.29, 0.717) is 12.5 Å². The molecule has 0 saturated carbocycles. The maximum Gasteiger partial charge on any atom is 0.155 e. The molecule has 1 fully saturated rings. The van der Waals surface area contributed by atoms with Crippen LogP contribution in [0.15, 0.2) is 18.3 Å². The Morgan fingerprint density at radius 3 is 3.24 bits per heavy atom. The number of aromatic nitrogens is 3. The van der Waals surface area contributed by atoms with Crippen LogP contribution in [-0.4, -0.2) is 26.1 Å². The van der Waals surface area contributed by atoms with E-state index in [4.69, 9.17) is 5.73 Å². The third-order valence-electron chi connectivity index (χ3n) is 3.18. The molecule has 2 aromatic heterocycles. The fraction of sp³-hybridized carbons (Fsp3) is 0.500. The lowest BCUT2D eigenvalue weighted by molar-refractivity contribution is 0.622. The van der Waals surface area contributed by atoms with E-state index in [2.05, 4.69) is 10.1 Å². The van der Waals surface area contributed by atoms with Gasteiger partial charge in [-0.15, -0.1) is 0 Å². The van der Waals surface area contributed by atoms with E-state index in [9.17, 15) is 0 Å². The van der Waals surface area contributed by atoms with Gasteiger partial charge in [0.2, 0.25) is 0 Å². The van der Waals surface area contributed by atoms with Gasteiger partial charge in [0, 0.05) is 24.4 Å². The number of hydrogen-bond donors (Lipinski definition) is 1. The quantitative estimate of drug-likeness (QED) is 0.880. The first-order valence-electron chi connectivity index (χ1n) is 6.00. The maximum absolute atomic E-state index is 5.63. The van der Waals surface area contributed by atoms with Gasteiger partial charge in [-0.05, 0) is 36.3 Å². The molecule has 0 aliphatic carbocycles. The Balaban J connectivity index is 1.95. The summed E-state index contributed by atoms with van der Waals surface area (Å²) in [7, 11) is 0. The molecule has 1 atom stereocenters. The second-order valence-corrected chi connectivity index (χ2v) is 5.58. The van der Waals surface area contributed by atoms with Gasteiger partial charge in [0.25, 0.3) is 0 Å². The Morgan fingerprint density at radius 1 is 1.53 bits per heavy atom. The summed E-state index contributed by atoms with van der Waals surface area (Å²) in [5.41, 5.74) is 7.65. The molecule has 0 bridgehead atoms. The van der Waals surface area contributed by atoms with E-state index in [1.807, 2.05) is 34.6 Å². The van der Waals surface area contributed by atoms with Gasteiger partial charge in [-0.25, -0.2) is 9.50 Å². The molecule has 1 aliphatic heterocycles. The van der Waals surface area contributed by atoms with E-state index in [1.54, 1.807) is 0 Å². The Hall–Kier alpha value is -1.07. The first-order chi connectivity index (χ1) is 8.36. The molecule has 1 unspecified atom stereocenters. The number of hydrogen-bond acceptors (Lipinski definition) is 4. The smallest absolute Gasteiger partial charge is 0.155 e. The molecule has 0 aromatic carbocycles. The van der Waals surface area contributed by atoms with Crippen molar-refractivity contribution in [2.75, 3.05) is 11.5 Å². The predicted octanol–water partition coefficient (Wildman–Crippen LogP) is 1.80. The van der Waals surface area contributed by atoms with Crippen molar-refractivity contribution in [2.45, 2.75) is 25.3 Å². The highest BCUT2D eigenvalue weighted by atomic mass is 32.2. The number of fused-ring (bicyclic) bond motifs is 1. The van der Waals surface area contributed by atoms with Crippen molar-refractivity contribution in [2.24, 2.45) is 5.73 Å². The normalized spacial score (nSPS) is 20.9. The van der Waals surface area contributed by atoms with Crippen LogP contribution in [0.3, 0.4) is 0 Å². The highest BCUT2D eigenvalue weighted by Crippen LogP contribution is 2.29. The minimum absolute atomic E-state index is 0.523. The van der Waals surface area contributed by atoms with Crippen molar-refractivity contribution >= 4 is 17.4 Å². The fourth-order valence-corrected chi connectivity index (χ4v) is 3.32. The summed E-state index contributed by atoms with van der Waals surface area (Å²) in [6, 6.07) is 4.02. The highest BCUT2D eigenvalue weighted by molar-refractivity contribution is 7.99. The largest absolute Gasteiger partial charge is 0.326 e. The SMILES string of the molecule is NCc1ccn2nc(C3CCCSC3)nc2c1. The summed E-state index contributed by atoms with van der Waals surface area (Å²) >= 11 is 2.01. The zero-order chi connectivity index (χ0) is 11.7. The van der Waals surface area contributed by atoms with E-state index >= 15 is 0 Å². The van der Waals surface area contributed by atoms with Gasteiger partial charge in [0.15, 0.2) is 11.5 Å². The number of nitrogens with zero attached hydrogens (tertiary/aromatic N) is 3. The summed E-state index contributed by atoms with van der Waals surface area (Å²) in [5, 5.41) is 4.56. The van der Waals surface area contributed by atoms with Gasteiger partial charge in [-0.3, -0.25) is 0 Å². The average Bonchev–Trinajstić information content (AvgIpc) is 2.82. The van der Waals surface area contributed by atoms with Crippen molar-refractivity contribution < 1.29 is 0 Å². The molecular formula is C12H16N4S. The molecule has 2 aromatic rings. The summed E-state index contributed by atoms with van der Waals surface area (Å²) in [6.07, 6.45) is 4.44. The fourth-order valence-electron chi connectivity index (χ4n) is 2.19. The third-order valence-corrected chi connectivity index (χ3v) is 4.39. The van der Waals surface area contributed by atoms with E-state index in [0.717, 1.165) is 22.8 Å². The maximum atomic E-state index is 5.63. The lowest BCUT2D eigenvalue weighted by atomic mass is 10.1. The van der Waals surface area contributed by atoms with Crippen molar-refractivity contribution in [1.29, 1.82) is 0 Å². The Morgan fingerprint density at radius 2 is 2.47 bits per heavy atom. The minimum Gasteiger partial charge on any atom is -0.326 e. The molecule has 0 radical (unpaired) electrons. The van der Waals surface area contributed by atoms with Gasteiger partial charge in [0.05, 0.1) is 0 Å². The lowest BCUT2D eigenvalue weighted by Gasteiger charge is -2.17. The van der Waals surface area contributed by atoms with Crippen LogP contribution in [-0.2, 0) is 6.54 Å². The van der Waals surface area contributed by atoms with Crippen LogP contribution in [0.2, 0.25) is 0 Å². The van der Waals surface area contributed by atoms with Gasteiger partial charge in [-0.2, -0.15) is 16.9 Å². The monoisotopic (exact) mass is 248 g/mol. The Bertz CT molecular complexity index is 516. The topological polar surface area (TPSA) is 56.2 Å². The van der Waals surface area contributed by atoms with E-state index in [-0.39, 0.29) is 0 Å². The van der Waals surface area contributed by atoms with Gasteiger partial charge in [0.1, 0.15) is 0 Å². The molecule has 2 N–H and O–H groups in total. The van der Waals surface area contributed by atoms with Crippen LogP contribution in [0.25, 0.3) is 5.65 Å². The first kappa shape index (κ1) is 11.0. The van der Waals surface area contributed by atoms with Gasteiger partial charge < -0.3 is 5.73 Å². The highest BCUT2D eigenvalue weighted by Gasteiger charge is 2.20. The average molecular weight is 248 g/mol. The molecule has 0 spiro atoms. The number of nitrogens with two attached hydrogens (primary N) is 1. The van der Waals surface area contributed by atoms with Crippen molar-refractivity contribution in [3.05, 3.63) is 29.7 Å². The number of pyridine rings is 1. The van der Waals surface area contributed by atoms with Crippen molar-refractivity contribution in [3.8, 4) is 0 Å². The van der Waals surface area contributed by atoms with Crippen molar-refractivity contribution in [1.82, 2.24) is 14.6 Å². The zero-order valence-electron chi connectivity index (χ0n) is 9.67. The molecule has 1 aliphatic rings. The molecule has 90 valence electrons. The molecular weight excluding hydrogens is 232 g/mol. The summed E-state index contributed by atoms with van der Waals surface area (Å²) < 4.78 is 1.85.